The van der Waals surface area contributed by atoms with E-state index in [4.69, 9.17) is 17.3 Å². The molecule has 0 atom stereocenters. The van der Waals surface area contributed by atoms with Crippen LogP contribution in [0.15, 0.2) is 24.4 Å². The molecule has 0 aliphatic rings. The van der Waals surface area contributed by atoms with Crippen LogP contribution in [0.25, 0.3) is 0 Å². The predicted octanol–water partition coefficient (Wildman–Crippen LogP) is 2.17. The molecule has 0 saturated carbocycles. The highest BCUT2D eigenvalue weighted by molar-refractivity contribution is 6.31. The van der Waals surface area contributed by atoms with Crippen molar-refractivity contribution in [2.75, 3.05) is 11.1 Å². The van der Waals surface area contributed by atoms with Gasteiger partial charge < -0.3 is 11.1 Å². The molecule has 0 aliphatic carbocycles. The average molecular weight is 268 g/mol. The van der Waals surface area contributed by atoms with Gasteiger partial charge in [-0.15, -0.1) is 0 Å². The third kappa shape index (κ3) is 2.51. The lowest BCUT2D eigenvalue weighted by Crippen LogP contribution is -2.03. The highest BCUT2D eigenvalue weighted by atomic mass is 35.5. The Bertz CT molecular complexity index is 583. The SMILES string of the molecule is Nc1[nH]ncc1CNc1cc(Cl)ccc1[N+](=O)[O-]. The highest BCUT2D eigenvalue weighted by Crippen LogP contribution is 2.28. The van der Waals surface area contributed by atoms with Gasteiger partial charge in [-0.05, 0) is 12.1 Å². The van der Waals surface area contributed by atoms with E-state index in [0.29, 0.717) is 23.1 Å². The number of aromatic amines is 1. The van der Waals surface area contributed by atoms with Gasteiger partial charge in [-0.2, -0.15) is 5.10 Å². The van der Waals surface area contributed by atoms with E-state index in [1.54, 1.807) is 6.20 Å². The first-order valence-corrected chi connectivity index (χ1v) is 5.41. The maximum Gasteiger partial charge on any atom is 0.292 e. The maximum absolute atomic E-state index is 10.8. The molecular weight excluding hydrogens is 258 g/mol. The third-order valence-corrected chi connectivity index (χ3v) is 2.61. The van der Waals surface area contributed by atoms with Crippen LogP contribution in [0.4, 0.5) is 17.2 Å². The van der Waals surface area contributed by atoms with E-state index in [1.807, 2.05) is 0 Å². The molecule has 8 heteroatoms. The van der Waals surface area contributed by atoms with E-state index in [9.17, 15) is 10.1 Å². The van der Waals surface area contributed by atoms with E-state index in [-0.39, 0.29) is 5.69 Å². The Kier molecular flexibility index (Phi) is 3.33. The Morgan fingerprint density at radius 2 is 2.33 bits per heavy atom. The van der Waals surface area contributed by atoms with E-state index in [1.165, 1.54) is 18.2 Å². The largest absolute Gasteiger partial charge is 0.384 e. The molecular formula is C10H10ClN5O2. The summed E-state index contributed by atoms with van der Waals surface area (Å²) < 4.78 is 0. The van der Waals surface area contributed by atoms with E-state index >= 15 is 0 Å². The smallest absolute Gasteiger partial charge is 0.292 e. The van der Waals surface area contributed by atoms with Crippen molar-refractivity contribution < 1.29 is 4.92 Å². The van der Waals surface area contributed by atoms with Gasteiger partial charge in [0.1, 0.15) is 11.5 Å². The van der Waals surface area contributed by atoms with Crippen LogP contribution >= 0.6 is 11.6 Å². The number of nitrogens with two attached hydrogens (primary N) is 1. The summed E-state index contributed by atoms with van der Waals surface area (Å²) >= 11 is 5.81. The first-order valence-electron chi connectivity index (χ1n) is 5.03. The number of rotatable bonds is 4. The minimum absolute atomic E-state index is 0.0403. The second kappa shape index (κ2) is 4.92. The summed E-state index contributed by atoms with van der Waals surface area (Å²) in [5.41, 5.74) is 6.64. The van der Waals surface area contributed by atoms with Gasteiger partial charge in [-0.3, -0.25) is 15.2 Å². The fourth-order valence-electron chi connectivity index (χ4n) is 1.46. The Hall–Kier alpha value is -2.28. The van der Waals surface area contributed by atoms with Gasteiger partial charge in [0.05, 0.1) is 11.1 Å². The standard InChI is InChI=1S/C10H10ClN5O2/c11-7-1-2-9(16(17)18)8(3-7)13-4-6-5-14-15-10(6)12/h1-3,5,13H,4H2,(H3,12,14,15). The number of H-pyrrole nitrogens is 1. The molecule has 2 aromatic rings. The highest BCUT2D eigenvalue weighted by Gasteiger charge is 2.14. The summed E-state index contributed by atoms with van der Waals surface area (Å²) in [4.78, 5) is 10.4. The number of benzene rings is 1. The van der Waals surface area contributed by atoms with Crippen molar-refractivity contribution in [3.63, 3.8) is 0 Å². The molecule has 0 radical (unpaired) electrons. The van der Waals surface area contributed by atoms with Crippen molar-refractivity contribution in [2.24, 2.45) is 0 Å². The Balaban J connectivity index is 2.20. The number of nitro groups is 1. The molecule has 1 aromatic carbocycles. The molecule has 7 nitrogen and oxygen atoms in total. The van der Waals surface area contributed by atoms with E-state index < -0.39 is 4.92 Å². The average Bonchev–Trinajstić information content (AvgIpc) is 2.72. The van der Waals surface area contributed by atoms with Crippen LogP contribution < -0.4 is 11.1 Å². The second-order valence-corrected chi connectivity index (χ2v) is 4.02. The summed E-state index contributed by atoms with van der Waals surface area (Å²) in [5.74, 6) is 0.423. The quantitative estimate of drug-likeness (QED) is 0.581. The fourth-order valence-corrected chi connectivity index (χ4v) is 1.63. The van der Waals surface area contributed by atoms with Gasteiger partial charge in [0.25, 0.3) is 5.69 Å². The molecule has 4 N–H and O–H groups in total. The van der Waals surface area contributed by atoms with Gasteiger partial charge in [-0.1, -0.05) is 11.6 Å². The molecule has 1 heterocycles. The fraction of sp³-hybridized carbons (Fsp3) is 0.100. The number of hydrogen-bond donors (Lipinski definition) is 3. The molecule has 1 aromatic heterocycles. The summed E-state index contributed by atoms with van der Waals surface area (Å²) in [6.07, 6.45) is 1.55. The number of nitrogens with one attached hydrogen (secondary N) is 2. The lowest BCUT2D eigenvalue weighted by atomic mass is 10.2. The lowest BCUT2D eigenvalue weighted by Gasteiger charge is -2.06. The molecule has 0 saturated heterocycles. The zero-order valence-electron chi connectivity index (χ0n) is 9.18. The normalized spacial score (nSPS) is 10.3. The maximum atomic E-state index is 10.8. The molecule has 0 unspecified atom stereocenters. The van der Waals surface area contributed by atoms with Gasteiger partial charge in [0.2, 0.25) is 0 Å². The Labute approximate surface area is 107 Å². The van der Waals surface area contributed by atoms with Crippen molar-refractivity contribution in [3.8, 4) is 0 Å². The van der Waals surface area contributed by atoms with Crippen molar-refractivity contribution in [1.82, 2.24) is 10.2 Å². The number of anilines is 2. The summed E-state index contributed by atoms with van der Waals surface area (Å²) in [6.45, 7) is 0.323. The second-order valence-electron chi connectivity index (χ2n) is 3.58. The first-order chi connectivity index (χ1) is 8.58. The van der Waals surface area contributed by atoms with Crippen molar-refractivity contribution in [2.45, 2.75) is 6.54 Å². The van der Waals surface area contributed by atoms with Gasteiger partial charge in [-0.25, -0.2) is 0 Å². The van der Waals surface area contributed by atoms with Crippen LogP contribution in [0.5, 0.6) is 0 Å². The number of aromatic nitrogens is 2. The van der Waals surface area contributed by atoms with Crippen molar-refractivity contribution in [1.29, 1.82) is 0 Å². The molecule has 0 bridgehead atoms. The number of hydrogen-bond acceptors (Lipinski definition) is 5. The minimum atomic E-state index is -0.475. The molecule has 2 rings (SSSR count). The van der Waals surface area contributed by atoms with Gasteiger partial charge in [0.15, 0.2) is 0 Å². The van der Waals surface area contributed by atoms with E-state index in [0.717, 1.165) is 5.56 Å². The molecule has 0 fully saturated rings. The van der Waals surface area contributed by atoms with Crippen molar-refractivity contribution >= 4 is 28.8 Å². The molecule has 0 aliphatic heterocycles. The molecule has 0 amide bonds. The minimum Gasteiger partial charge on any atom is -0.384 e. The van der Waals surface area contributed by atoms with E-state index in [2.05, 4.69) is 15.5 Å². The zero-order valence-corrected chi connectivity index (χ0v) is 9.94. The van der Waals surface area contributed by atoms with Crippen molar-refractivity contribution in [3.05, 3.63) is 45.1 Å². The van der Waals surface area contributed by atoms with Crippen LogP contribution in [-0.2, 0) is 6.54 Å². The van der Waals surface area contributed by atoms with Crippen LogP contribution in [0.1, 0.15) is 5.56 Å². The number of nitrogens with zero attached hydrogens (tertiary/aromatic N) is 2. The Morgan fingerprint density at radius 1 is 1.56 bits per heavy atom. The lowest BCUT2D eigenvalue weighted by molar-refractivity contribution is -0.384. The summed E-state index contributed by atoms with van der Waals surface area (Å²) in [6, 6.07) is 4.32. The van der Waals surface area contributed by atoms with Crippen LogP contribution in [0.2, 0.25) is 5.02 Å². The van der Waals surface area contributed by atoms with Crippen LogP contribution in [0, 0.1) is 10.1 Å². The number of nitro benzene ring substituents is 1. The summed E-state index contributed by atoms with van der Waals surface area (Å²) in [5, 5.41) is 20.5. The van der Waals surface area contributed by atoms with Crippen LogP contribution in [0.3, 0.4) is 0 Å². The number of halogens is 1. The molecule has 94 valence electrons. The topological polar surface area (TPSA) is 110 Å². The molecule has 18 heavy (non-hydrogen) atoms. The summed E-state index contributed by atoms with van der Waals surface area (Å²) in [7, 11) is 0. The van der Waals surface area contributed by atoms with Gasteiger partial charge >= 0.3 is 0 Å². The monoisotopic (exact) mass is 267 g/mol. The predicted molar refractivity (Wildman–Crippen MR) is 68.4 cm³/mol. The number of nitrogen functional groups attached to an aromatic ring is 1. The third-order valence-electron chi connectivity index (χ3n) is 2.38. The van der Waals surface area contributed by atoms with Gasteiger partial charge in [0, 0.05) is 23.2 Å². The zero-order chi connectivity index (χ0) is 13.1. The molecule has 0 spiro atoms. The Morgan fingerprint density at radius 3 is 2.94 bits per heavy atom. The first kappa shape index (κ1) is 12.2. The van der Waals surface area contributed by atoms with Crippen LogP contribution in [-0.4, -0.2) is 15.1 Å².